The van der Waals surface area contributed by atoms with E-state index in [0.717, 1.165) is 21.7 Å². The van der Waals surface area contributed by atoms with Crippen LogP contribution >= 0.6 is 23.1 Å². The van der Waals surface area contributed by atoms with Crippen LogP contribution < -0.4 is 24.8 Å². The Balaban J connectivity index is 1.28. The van der Waals surface area contributed by atoms with Crippen molar-refractivity contribution < 1.29 is 23.8 Å². The maximum absolute atomic E-state index is 13.6. The molecule has 0 aliphatic rings. The minimum atomic E-state index is -0.533. The Morgan fingerprint density at radius 2 is 1.51 bits per heavy atom. The van der Waals surface area contributed by atoms with E-state index >= 15 is 0 Å². The van der Waals surface area contributed by atoms with Gasteiger partial charge in [0.25, 0.3) is 5.91 Å². The third kappa shape index (κ3) is 7.35. The predicted octanol–water partition coefficient (Wildman–Crippen LogP) is 7.56. The Kier molecular flexibility index (Phi) is 9.60. The van der Waals surface area contributed by atoms with E-state index in [0.29, 0.717) is 33.6 Å². The zero-order valence-corrected chi connectivity index (χ0v) is 25.3. The molecule has 1 unspecified atom stereocenters. The Morgan fingerprint density at radius 3 is 2.19 bits per heavy atom. The molecule has 0 fully saturated rings. The van der Waals surface area contributed by atoms with Gasteiger partial charge in [-0.3, -0.25) is 9.59 Å². The molecule has 10 heteroatoms. The van der Waals surface area contributed by atoms with Crippen molar-refractivity contribution in [3.8, 4) is 28.5 Å². The van der Waals surface area contributed by atoms with Gasteiger partial charge in [-0.25, -0.2) is 4.98 Å². The Labute approximate surface area is 258 Å². The molecule has 1 aromatic heterocycles. The number of carbonyl (C=O) groups is 2. The highest BCUT2D eigenvalue weighted by Crippen LogP contribution is 2.38. The summed E-state index contributed by atoms with van der Waals surface area (Å²) >= 11 is 2.77. The molecule has 43 heavy (non-hydrogen) atoms. The molecule has 1 atom stereocenters. The summed E-state index contributed by atoms with van der Waals surface area (Å²) in [6, 6.07) is 29.5. The lowest BCUT2D eigenvalue weighted by molar-refractivity contribution is -0.115. The number of hydrogen-bond acceptors (Lipinski definition) is 8. The molecular weight excluding hydrogens is 583 g/mol. The second-order valence-electron chi connectivity index (χ2n) is 9.21. The normalized spacial score (nSPS) is 11.3. The fraction of sp³-hybridized carbons (Fsp3) is 0.121. The van der Waals surface area contributed by atoms with Gasteiger partial charge < -0.3 is 24.8 Å². The summed E-state index contributed by atoms with van der Waals surface area (Å²) in [5, 5.41) is 7.74. The van der Waals surface area contributed by atoms with E-state index in [4.69, 9.17) is 14.2 Å². The van der Waals surface area contributed by atoms with Gasteiger partial charge in [0.2, 0.25) is 5.91 Å². The minimum Gasteiger partial charge on any atom is -0.497 e. The summed E-state index contributed by atoms with van der Waals surface area (Å²) in [6.07, 6.45) is 0. The molecule has 0 radical (unpaired) electrons. The second-order valence-corrected chi connectivity index (χ2v) is 11.2. The van der Waals surface area contributed by atoms with Crippen LogP contribution in [-0.2, 0) is 4.79 Å². The van der Waals surface area contributed by atoms with E-state index < -0.39 is 5.25 Å². The van der Waals surface area contributed by atoms with Crippen molar-refractivity contribution in [2.75, 3.05) is 32.0 Å². The third-order valence-electron chi connectivity index (χ3n) is 6.47. The van der Waals surface area contributed by atoms with E-state index in [1.807, 2.05) is 78.2 Å². The Morgan fingerprint density at radius 1 is 0.791 bits per heavy atom. The lowest BCUT2D eigenvalue weighted by atomic mass is 10.1. The molecule has 5 aromatic rings. The standard InChI is InChI=1S/C33H29N3O5S2/c1-39-25-14-9-22(10-15-25)31(37)34-24-12-16-26(17-13-24)43-30(21-7-5-4-6-8-21)32(38)36-33-35-27(20-42-33)23-11-18-28(40-2)29(19-23)41-3/h4-20,30H,1-3H3,(H,34,37)(H,35,36,38). The van der Waals surface area contributed by atoms with Crippen LogP contribution in [0.2, 0.25) is 0 Å². The number of thioether (sulfide) groups is 1. The molecule has 0 aliphatic carbocycles. The molecule has 2 amide bonds. The highest BCUT2D eigenvalue weighted by molar-refractivity contribution is 8.00. The maximum atomic E-state index is 13.6. The zero-order valence-electron chi connectivity index (χ0n) is 23.7. The van der Waals surface area contributed by atoms with Gasteiger partial charge in [0.05, 0.1) is 27.0 Å². The zero-order chi connectivity index (χ0) is 30.2. The highest BCUT2D eigenvalue weighted by Gasteiger charge is 2.23. The van der Waals surface area contributed by atoms with Crippen molar-refractivity contribution in [2.45, 2.75) is 10.1 Å². The maximum Gasteiger partial charge on any atom is 0.255 e. The van der Waals surface area contributed by atoms with Gasteiger partial charge in [0.1, 0.15) is 11.0 Å². The van der Waals surface area contributed by atoms with Crippen molar-refractivity contribution in [1.82, 2.24) is 4.98 Å². The number of aromatic nitrogens is 1. The summed E-state index contributed by atoms with van der Waals surface area (Å²) in [6.45, 7) is 0. The van der Waals surface area contributed by atoms with Gasteiger partial charge in [-0.1, -0.05) is 30.3 Å². The van der Waals surface area contributed by atoms with Crippen LogP contribution in [0.15, 0.2) is 107 Å². The summed E-state index contributed by atoms with van der Waals surface area (Å²) in [5.74, 6) is 1.50. The molecule has 1 heterocycles. The van der Waals surface area contributed by atoms with Crippen molar-refractivity contribution in [3.05, 3.63) is 114 Å². The SMILES string of the molecule is COc1ccc(C(=O)Nc2ccc(SC(C(=O)Nc3nc(-c4ccc(OC)c(OC)c4)cs3)c3ccccc3)cc2)cc1. The van der Waals surface area contributed by atoms with E-state index in [1.54, 1.807) is 45.6 Å². The van der Waals surface area contributed by atoms with Crippen LogP contribution in [0.25, 0.3) is 11.3 Å². The first kappa shape index (κ1) is 29.7. The van der Waals surface area contributed by atoms with Gasteiger partial charge in [-0.2, -0.15) is 0 Å². The van der Waals surface area contributed by atoms with Crippen molar-refractivity contribution in [1.29, 1.82) is 0 Å². The number of hydrogen-bond donors (Lipinski definition) is 2. The van der Waals surface area contributed by atoms with Gasteiger partial charge in [-0.15, -0.1) is 23.1 Å². The number of ether oxygens (including phenoxy) is 3. The van der Waals surface area contributed by atoms with Gasteiger partial charge in [0.15, 0.2) is 16.6 Å². The van der Waals surface area contributed by atoms with Crippen molar-refractivity contribution >= 4 is 45.7 Å². The number of nitrogens with one attached hydrogen (secondary N) is 2. The van der Waals surface area contributed by atoms with Crippen LogP contribution in [-0.4, -0.2) is 38.1 Å². The van der Waals surface area contributed by atoms with Gasteiger partial charge in [0, 0.05) is 27.1 Å². The molecule has 0 saturated carbocycles. The van der Waals surface area contributed by atoms with E-state index in [2.05, 4.69) is 15.6 Å². The molecule has 0 saturated heterocycles. The molecule has 5 rings (SSSR count). The average Bonchev–Trinajstić information content (AvgIpc) is 3.52. The molecule has 0 aliphatic heterocycles. The molecular formula is C33H29N3O5S2. The summed E-state index contributed by atoms with van der Waals surface area (Å²) in [5.41, 5.74) is 3.60. The van der Waals surface area contributed by atoms with Crippen molar-refractivity contribution in [3.63, 3.8) is 0 Å². The van der Waals surface area contributed by atoms with Crippen LogP contribution in [0.3, 0.4) is 0 Å². The number of benzene rings is 4. The van der Waals surface area contributed by atoms with E-state index in [1.165, 1.54) is 23.1 Å². The number of nitrogens with zero attached hydrogens (tertiary/aromatic N) is 1. The average molecular weight is 612 g/mol. The summed E-state index contributed by atoms with van der Waals surface area (Å²) in [4.78, 5) is 31.8. The van der Waals surface area contributed by atoms with Crippen LogP contribution in [0.1, 0.15) is 21.2 Å². The molecule has 2 N–H and O–H groups in total. The number of amides is 2. The van der Waals surface area contributed by atoms with Crippen LogP contribution in [0, 0.1) is 0 Å². The topological polar surface area (TPSA) is 98.8 Å². The van der Waals surface area contributed by atoms with E-state index in [9.17, 15) is 9.59 Å². The summed E-state index contributed by atoms with van der Waals surface area (Å²) < 4.78 is 15.9. The molecule has 218 valence electrons. The molecule has 8 nitrogen and oxygen atoms in total. The van der Waals surface area contributed by atoms with E-state index in [-0.39, 0.29) is 11.8 Å². The Hall–Kier alpha value is -4.80. The van der Waals surface area contributed by atoms with Crippen molar-refractivity contribution in [2.24, 2.45) is 0 Å². The third-order valence-corrected chi connectivity index (χ3v) is 8.50. The number of anilines is 2. The number of rotatable bonds is 11. The fourth-order valence-corrected chi connectivity index (χ4v) is 5.98. The molecule has 4 aromatic carbocycles. The first-order valence-electron chi connectivity index (χ1n) is 13.2. The predicted molar refractivity (Wildman–Crippen MR) is 172 cm³/mol. The number of methoxy groups -OCH3 is 3. The van der Waals surface area contributed by atoms with Gasteiger partial charge in [-0.05, 0) is 72.3 Å². The Bertz CT molecular complexity index is 1690. The highest BCUT2D eigenvalue weighted by atomic mass is 32.2. The minimum absolute atomic E-state index is 0.193. The second kappa shape index (κ2) is 13.9. The fourth-order valence-electron chi connectivity index (χ4n) is 4.23. The first-order valence-corrected chi connectivity index (χ1v) is 15.0. The van der Waals surface area contributed by atoms with Crippen LogP contribution in [0.5, 0.6) is 17.2 Å². The molecule has 0 spiro atoms. The number of carbonyl (C=O) groups excluding carboxylic acids is 2. The molecule has 0 bridgehead atoms. The lowest BCUT2D eigenvalue weighted by Gasteiger charge is -2.16. The number of thiazole rings is 1. The monoisotopic (exact) mass is 611 g/mol. The van der Waals surface area contributed by atoms with Crippen LogP contribution in [0.4, 0.5) is 10.8 Å². The van der Waals surface area contributed by atoms with Gasteiger partial charge >= 0.3 is 0 Å². The summed E-state index contributed by atoms with van der Waals surface area (Å²) in [7, 11) is 4.75. The first-order chi connectivity index (χ1) is 21.0. The quantitative estimate of drug-likeness (QED) is 0.149. The largest absolute Gasteiger partial charge is 0.497 e. The lowest BCUT2D eigenvalue weighted by Crippen LogP contribution is -2.19. The smallest absolute Gasteiger partial charge is 0.255 e.